The number of unbranched alkanes of at least 4 members (excludes halogenated alkanes) is 6. The van der Waals surface area contributed by atoms with Crippen molar-refractivity contribution < 1.29 is 14.5 Å². The fraction of sp³-hybridized carbons (Fsp3) is 0.692. The van der Waals surface area contributed by atoms with Crippen molar-refractivity contribution in [2.24, 2.45) is 0 Å². The number of aromatic nitrogens is 1. The van der Waals surface area contributed by atoms with E-state index in [-0.39, 0.29) is 0 Å². The molecule has 1 aromatic rings. The summed E-state index contributed by atoms with van der Waals surface area (Å²) in [7, 11) is 0. The Hall–Kier alpha value is -0.900. The Balaban J connectivity index is 2.14. The molecule has 17 heavy (non-hydrogen) atoms. The number of rotatable bonds is 9. The summed E-state index contributed by atoms with van der Waals surface area (Å²) < 4.78 is 1.78. The second kappa shape index (κ2) is 8.23. The Kier molecular flexibility index (Phi) is 6.86. The molecule has 1 aromatic heterocycles. The van der Waals surface area contributed by atoms with Crippen molar-refractivity contribution in [2.45, 2.75) is 58.4 Å². The van der Waals surface area contributed by atoms with E-state index in [1.807, 2.05) is 6.20 Å². The van der Waals surface area contributed by atoms with E-state index in [0.717, 1.165) is 13.0 Å². The van der Waals surface area contributed by atoms with Crippen molar-refractivity contribution >= 4 is 17.3 Å². The lowest BCUT2D eigenvalue weighted by atomic mass is 10.1. The van der Waals surface area contributed by atoms with Gasteiger partial charge in [0, 0.05) is 6.42 Å². The SMILES string of the molecule is CCCCCCCCC[n+]1ccsc1C(=O)[O-]. The van der Waals surface area contributed by atoms with Crippen LogP contribution in [0.25, 0.3) is 0 Å². The number of hydrogen-bond acceptors (Lipinski definition) is 3. The van der Waals surface area contributed by atoms with Crippen LogP contribution in [0.5, 0.6) is 0 Å². The van der Waals surface area contributed by atoms with Gasteiger partial charge in [-0.1, -0.05) is 50.4 Å². The first-order valence-electron chi connectivity index (χ1n) is 6.44. The average molecular weight is 255 g/mol. The van der Waals surface area contributed by atoms with Crippen LogP contribution in [0.3, 0.4) is 0 Å². The van der Waals surface area contributed by atoms with Gasteiger partial charge in [0.1, 0.15) is 6.54 Å². The standard InChI is InChI=1S/C13H21NO2S/c1-2-3-4-5-6-7-8-9-14-10-11-17-12(14)13(15)16/h10-11H,2-9H2,1H3. The number of carbonyl (C=O) groups excluding carboxylic acids is 1. The highest BCUT2D eigenvalue weighted by atomic mass is 32.1. The van der Waals surface area contributed by atoms with Crippen molar-refractivity contribution in [3.63, 3.8) is 0 Å². The van der Waals surface area contributed by atoms with Crippen LogP contribution in [-0.2, 0) is 6.54 Å². The third kappa shape index (κ3) is 5.31. The number of thiazole rings is 1. The summed E-state index contributed by atoms with van der Waals surface area (Å²) >= 11 is 1.23. The normalized spacial score (nSPS) is 10.6. The van der Waals surface area contributed by atoms with Crippen LogP contribution in [0.15, 0.2) is 11.6 Å². The first-order chi connectivity index (χ1) is 8.25. The molecule has 1 rings (SSSR count). The average Bonchev–Trinajstić information content (AvgIpc) is 2.76. The molecule has 1 heterocycles. The zero-order valence-corrected chi connectivity index (χ0v) is 11.3. The summed E-state index contributed by atoms with van der Waals surface area (Å²) in [5.74, 6) is -1.07. The number of hydrogen-bond donors (Lipinski definition) is 0. The van der Waals surface area contributed by atoms with Gasteiger partial charge in [0.05, 0.1) is 5.38 Å². The molecular weight excluding hydrogens is 234 g/mol. The van der Waals surface area contributed by atoms with Crippen LogP contribution in [0, 0.1) is 0 Å². The van der Waals surface area contributed by atoms with Crippen LogP contribution in [0.2, 0.25) is 0 Å². The molecule has 0 amide bonds. The van der Waals surface area contributed by atoms with Gasteiger partial charge in [-0.05, 0) is 6.42 Å². The quantitative estimate of drug-likeness (QED) is 0.501. The topological polar surface area (TPSA) is 44.0 Å². The predicted octanol–water partition coefficient (Wildman–Crippen LogP) is 2.15. The molecule has 0 saturated heterocycles. The minimum Gasteiger partial charge on any atom is -0.539 e. The van der Waals surface area contributed by atoms with E-state index < -0.39 is 5.97 Å². The molecule has 0 aliphatic carbocycles. The lowest BCUT2D eigenvalue weighted by Gasteiger charge is -2.00. The first kappa shape index (κ1) is 14.2. The molecule has 3 nitrogen and oxygen atoms in total. The molecule has 4 heteroatoms. The van der Waals surface area contributed by atoms with Crippen molar-refractivity contribution in [1.29, 1.82) is 0 Å². The fourth-order valence-electron chi connectivity index (χ4n) is 1.88. The van der Waals surface area contributed by atoms with E-state index in [2.05, 4.69) is 6.92 Å². The van der Waals surface area contributed by atoms with Crippen molar-refractivity contribution in [3.05, 3.63) is 16.6 Å². The third-order valence-electron chi connectivity index (χ3n) is 2.86. The summed E-state index contributed by atoms with van der Waals surface area (Å²) in [5, 5.41) is 12.9. The summed E-state index contributed by atoms with van der Waals surface area (Å²) in [6, 6.07) is 0. The molecule has 0 N–H and O–H groups in total. The molecule has 96 valence electrons. The summed E-state index contributed by atoms with van der Waals surface area (Å²) in [4.78, 5) is 10.8. The van der Waals surface area contributed by atoms with Gasteiger partial charge in [-0.25, -0.2) is 0 Å². The van der Waals surface area contributed by atoms with E-state index >= 15 is 0 Å². The molecular formula is C13H21NO2S. The van der Waals surface area contributed by atoms with Crippen LogP contribution in [0.4, 0.5) is 0 Å². The second-order valence-corrected chi connectivity index (χ2v) is 5.20. The maximum Gasteiger partial charge on any atom is 0.284 e. The Morgan fingerprint density at radius 1 is 1.24 bits per heavy atom. The van der Waals surface area contributed by atoms with Gasteiger partial charge in [-0.3, -0.25) is 0 Å². The molecule has 0 saturated carbocycles. The van der Waals surface area contributed by atoms with Crippen LogP contribution >= 0.6 is 11.3 Å². The highest BCUT2D eigenvalue weighted by molar-refractivity contribution is 7.11. The van der Waals surface area contributed by atoms with Gasteiger partial charge in [0.25, 0.3) is 5.01 Å². The molecule has 0 unspecified atom stereocenters. The van der Waals surface area contributed by atoms with E-state index in [1.165, 1.54) is 49.9 Å². The molecule has 0 aromatic carbocycles. The molecule has 0 radical (unpaired) electrons. The minimum atomic E-state index is -1.07. The van der Waals surface area contributed by atoms with E-state index in [4.69, 9.17) is 0 Å². The zero-order chi connectivity index (χ0) is 12.5. The first-order valence-corrected chi connectivity index (χ1v) is 7.32. The Morgan fingerprint density at radius 3 is 2.53 bits per heavy atom. The number of carbonyl (C=O) groups is 1. The van der Waals surface area contributed by atoms with Gasteiger partial charge in [-0.2, -0.15) is 4.57 Å². The van der Waals surface area contributed by atoms with Gasteiger partial charge >= 0.3 is 0 Å². The molecule has 0 aliphatic heterocycles. The number of aryl methyl sites for hydroxylation is 1. The van der Waals surface area contributed by atoms with Gasteiger partial charge < -0.3 is 9.90 Å². The Morgan fingerprint density at radius 2 is 1.88 bits per heavy atom. The molecule has 0 bridgehead atoms. The van der Waals surface area contributed by atoms with Crippen LogP contribution in [-0.4, -0.2) is 5.97 Å². The van der Waals surface area contributed by atoms with E-state index in [9.17, 15) is 9.90 Å². The summed E-state index contributed by atoms with van der Waals surface area (Å²) in [6.07, 6.45) is 10.5. The third-order valence-corrected chi connectivity index (χ3v) is 3.74. The van der Waals surface area contributed by atoms with Crippen molar-refractivity contribution in [2.75, 3.05) is 0 Å². The maximum atomic E-state index is 10.8. The zero-order valence-electron chi connectivity index (χ0n) is 10.5. The van der Waals surface area contributed by atoms with Crippen molar-refractivity contribution in [3.8, 4) is 0 Å². The highest BCUT2D eigenvalue weighted by Gasteiger charge is 2.12. The number of nitrogens with zero attached hydrogens (tertiary/aromatic N) is 1. The van der Waals surface area contributed by atoms with E-state index in [1.54, 1.807) is 9.95 Å². The number of aromatic carboxylic acids is 1. The lowest BCUT2D eigenvalue weighted by Crippen LogP contribution is -2.41. The molecule has 0 fully saturated rings. The van der Waals surface area contributed by atoms with Gasteiger partial charge in [0.2, 0.25) is 0 Å². The molecule has 0 spiro atoms. The maximum absolute atomic E-state index is 10.8. The van der Waals surface area contributed by atoms with Gasteiger partial charge in [0.15, 0.2) is 12.2 Å². The predicted molar refractivity (Wildman–Crippen MR) is 66.8 cm³/mol. The van der Waals surface area contributed by atoms with Gasteiger partial charge in [-0.15, -0.1) is 0 Å². The summed E-state index contributed by atoms with van der Waals surface area (Å²) in [5.41, 5.74) is 0. The second-order valence-electron chi connectivity index (χ2n) is 4.31. The van der Waals surface area contributed by atoms with Crippen molar-refractivity contribution in [1.82, 2.24) is 0 Å². The Bertz CT molecular complexity index is 336. The molecule has 0 aliphatic rings. The number of carboxylic acid groups (broad SMARTS) is 1. The fourth-order valence-corrected chi connectivity index (χ4v) is 2.60. The van der Waals surface area contributed by atoms with E-state index in [0.29, 0.717) is 5.01 Å². The lowest BCUT2D eigenvalue weighted by molar-refractivity contribution is -0.696. The monoisotopic (exact) mass is 255 g/mol. The summed E-state index contributed by atoms with van der Waals surface area (Å²) in [6.45, 7) is 3.01. The largest absolute Gasteiger partial charge is 0.539 e. The van der Waals surface area contributed by atoms with Crippen LogP contribution < -0.4 is 9.67 Å². The van der Waals surface area contributed by atoms with Crippen LogP contribution in [0.1, 0.15) is 61.7 Å². The smallest absolute Gasteiger partial charge is 0.284 e. The highest BCUT2D eigenvalue weighted by Crippen LogP contribution is 2.07. The molecule has 0 atom stereocenters. The minimum absolute atomic E-state index is 0.330. The number of carboxylic acids is 1. The Labute approximate surface area is 107 Å².